The predicted molar refractivity (Wildman–Crippen MR) is 56.1 cm³/mol. The van der Waals surface area contributed by atoms with Gasteiger partial charge in [-0.1, -0.05) is 13.8 Å². The van der Waals surface area contributed by atoms with E-state index in [1.165, 1.54) is 11.3 Å². The highest BCUT2D eigenvalue weighted by atomic mass is 32.1. The molecule has 0 fully saturated rings. The standard InChI is InChI=1S/C10H15NOS/c1-7(2)5-9(11)10(12)8-3-4-13-6-8/h3-4,6-7,9H,5,11H2,1-2H3. The van der Waals surface area contributed by atoms with Gasteiger partial charge in [-0.05, 0) is 23.8 Å². The molecule has 0 saturated heterocycles. The predicted octanol–water partition coefficient (Wildman–Crippen LogP) is 2.30. The lowest BCUT2D eigenvalue weighted by Gasteiger charge is -2.11. The summed E-state index contributed by atoms with van der Waals surface area (Å²) in [5.41, 5.74) is 6.51. The van der Waals surface area contributed by atoms with E-state index in [9.17, 15) is 4.79 Å². The molecule has 0 spiro atoms. The van der Waals surface area contributed by atoms with Gasteiger partial charge in [0.1, 0.15) is 0 Å². The van der Waals surface area contributed by atoms with Crippen molar-refractivity contribution in [1.82, 2.24) is 0 Å². The van der Waals surface area contributed by atoms with Crippen LogP contribution in [0.15, 0.2) is 16.8 Å². The summed E-state index contributed by atoms with van der Waals surface area (Å²) in [6.07, 6.45) is 0.759. The summed E-state index contributed by atoms with van der Waals surface area (Å²) in [6.45, 7) is 4.14. The van der Waals surface area contributed by atoms with E-state index in [4.69, 9.17) is 5.73 Å². The van der Waals surface area contributed by atoms with Crippen LogP contribution in [0.5, 0.6) is 0 Å². The average Bonchev–Trinajstić information content (AvgIpc) is 2.53. The number of ketones is 1. The van der Waals surface area contributed by atoms with E-state index in [-0.39, 0.29) is 11.8 Å². The van der Waals surface area contributed by atoms with E-state index >= 15 is 0 Å². The highest BCUT2D eigenvalue weighted by Gasteiger charge is 2.16. The molecule has 1 heterocycles. The van der Waals surface area contributed by atoms with Gasteiger partial charge in [0.05, 0.1) is 6.04 Å². The Bertz CT molecular complexity index is 266. The van der Waals surface area contributed by atoms with Crippen LogP contribution >= 0.6 is 11.3 Å². The maximum absolute atomic E-state index is 11.6. The van der Waals surface area contributed by atoms with Gasteiger partial charge in [-0.2, -0.15) is 11.3 Å². The van der Waals surface area contributed by atoms with Crippen molar-refractivity contribution >= 4 is 17.1 Å². The monoisotopic (exact) mass is 197 g/mol. The SMILES string of the molecule is CC(C)CC(N)C(=O)c1ccsc1. The Kier molecular flexibility index (Phi) is 3.63. The van der Waals surface area contributed by atoms with E-state index in [2.05, 4.69) is 13.8 Å². The minimum atomic E-state index is -0.338. The van der Waals surface area contributed by atoms with Crippen LogP contribution in [-0.2, 0) is 0 Å². The van der Waals surface area contributed by atoms with E-state index in [1.807, 2.05) is 16.8 Å². The zero-order valence-electron chi connectivity index (χ0n) is 7.99. The van der Waals surface area contributed by atoms with E-state index in [1.54, 1.807) is 0 Å². The Labute approximate surface area is 82.8 Å². The second-order valence-electron chi connectivity index (χ2n) is 3.61. The third-order valence-electron chi connectivity index (χ3n) is 1.87. The van der Waals surface area contributed by atoms with Gasteiger partial charge in [0.15, 0.2) is 5.78 Å². The van der Waals surface area contributed by atoms with Gasteiger partial charge in [0.25, 0.3) is 0 Å². The van der Waals surface area contributed by atoms with E-state index in [0.29, 0.717) is 5.92 Å². The number of carbonyl (C=O) groups is 1. The molecular formula is C10H15NOS. The number of thiophene rings is 1. The molecule has 0 aromatic carbocycles. The van der Waals surface area contributed by atoms with Crippen molar-refractivity contribution in [2.24, 2.45) is 11.7 Å². The molecule has 0 aliphatic heterocycles. The van der Waals surface area contributed by atoms with Crippen molar-refractivity contribution in [3.05, 3.63) is 22.4 Å². The first kappa shape index (κ1) is 10.4. The maximum Gasteiger partial charge on any atom is 0.180 e. The highest BCUT2D eigenvalue weighted by molar-refractivity contribution is 7.08. The highest BCUT2D eigenvalue weighted by Crippen LogP contribution is 2.12. The van der Waals surface area contributed by atoms with Crippen molar-refractivity contribution in [2.45, 2.75) is 26.3 Å². The molecule has 1 rings (SSSR count). The van der Waals surface area contributed by atoms with Crippen LogP contribution in [0.25, 0.3) is 0 Å². The Hall–Kier alpha value is -0.670. The van der Waals surface area contributed by atoms with Gasteiger partial charge in [-0.25, -0.2) is 0 Å². The summed E-state index contributed by atoms with van der Waals surface area (Å²) in [6, 6.07) is 1.49. The smallest absolute Gasteiger partial charge is 0.180 e. The Morgan fingerprint density at radius 1 is 1.62 bits per heavy atom. The molecule has 2 nitrogen and oxygen atoms in total. The number of nitrogens with two attached hydrogens (primary N) is 1. The first-order chi connectivity index (χ1) is 6.11. The molecule has 0 bridgehead atoms. The fraction of sp³-hybridized carbons (Fsp3) is 0.500. The molecular weight excluding hydrogens is 182 g/mol. The molecule has 0 aliphatic carbocycles. The minimum absolute atomic E-state index is 0.0648. The number of hydrogen-bond donors (Lipinski definition) is 1. The lowest BCUT2D eigenvalue weighted by molar-refractivity contribution is 0.0951. The fourth-order valence-corrected chi connectivity index (χ4v) is 1.88. The Morgan fingerprint density at radius 2 is 2.31 bits per heavy atom. The van der Waals surface area contributed by atoms with E-state index < -0.39 is 0 Å². The number of Topliss-reactive ketones (excluding diaryl/α,β-unsaturated/α-hetero) is 1. The molecule has 1 aromatic rings. The summed E-state index contributed by atoms with van der Waals surface area (Å²) in [4.78, 5) is 11.6. The van der Waals surface area contributed by atoms with Crippen LogP contribution in [0.2, 0.25) is 0 Å². The second kappa shape index (κ2) is 4.53. The quantitative estimate of drug-likeness (QED) is 0.753. The zero-order chi connectivity index (χ0) is 9.84. The van der Waals surface area contributed by atoms with Gasteiger partial charge in [0, 0.05) is 10.9 Å². The Morgan fingerprint density at radius 3 is 2.77 bits per heavy atom. The molecule has 0 saturated carbocycles. The average molecular weight is 197 g/mol. The van der Waals surface area contributed by atoms with Crippen LogP contribution in [0.1, 0.15) is 30.6 Å². The molecule has 72 valence electrons. The molecule has 0 aliphatic rings. The maximum atomic E-state index is 11.6. The molecule has 1 aromatic heterocycles. The second-order valence-corrected chi connectivity index (χ2v) is 4.39. The lowest BCUT2D eigenvalue weighted by atomic mass is 9.98. The molecule has 0 radical (unpaired) electrons. The third-order valence-corrected chi connectivity index (χ3v) is 2.55. The van der Waals surface area contributed by atoms with Gasteiger partial charge in [-0.15, -0.1) is 0 Å². The molecule has 1 atom stereocenters. The molecule has 0 amide bonds. The summed E-state index contributed by atoms with van der Waals surface area (Å²) in [5, 5.41) is 3.75. The zero-order valence-corrected chi connectivity index (χ0v) is 8.80. The molecule has 2 N–H and O–H groups in total. The van der Waals surface area contributed by atoms with Crippen LogP contribution in [0.4, 0.5) is 0 Å². The summed E-state index contributed by atoms with van der Waals surface area (Å²) >= 11 is 1.53. The first-order valence-electron chi connectivity index (χ1n) is 4.43. The third kappa shape index (κ3) is 2.94. The van der Waals surface area contributed by atoms with Crippen LogP contribution in [0.3, 0.4) is 0 Å². The fourth-order valence-electron chi connectivity index (χ4n) is 1.23. The first-order valence-corrected chi connectivity index (χ1v) is 5.37. The molecule has 13 heavy (non-hydrogen) atoms. The van der Waals surface area contributed by atoms with Gasteiger partial charge < -0.3 is 5.73 Å². The summed E-state index contributed by atoms with van der Waals surface area (Å²) < 4.78 is 0. The minimum Gasteiger partial charge on any atom is -0.321 e. The topological polar surface area (TPSA) is 43.1 Å². The molecule has 3 heteroatoms. The normalized spacial score (nSPS) is 13.2. The van der Waals surface area contributed by atoms with Crippen molar-refractivity contribution in [2.75, 3.05) is 0 Å². The Balaban J connectivity index is 2.58. The summed E-state index contributed by atoms with van der Waals surface area (Å²) in [5.74, 6) is 0.535. The lowest BCUT2D eigenvalue weighted by Crippen LogP contribution is -2.31. The van der Waals surface area contributed by atoms with Gasteiger partial charge >= 0.3 is 0 Å². The number of carbonyl (C=O) groups excluding carboxylic acids is 1. The van der Waals surface area contributed by atoms with Gasteiger partial charge in [-0.3, -0.25) is 4.79 Å². The largest absolute Gasteiger partial charge is 0.321 e. The van der Waals surface area contributed by atoms with E-state index in [0.717, 1.165) is 12.0 Å². The van der Waals surface area contributed by atoms with Crippen molar-refractivity contribution in [3.63, 3.8) is 0 Å². The van der Waals surface area contributed by atoms with Crippen LogP contribution in [-0.4, -0.2) is 11.8 Å². The molecule has 1 unspecified atom stereocenters. The number of rotatable bonds is 4. The number of hydrogen-bond acceptors (Lipinski definition) is 3. The van der Waals surface area contributed by atoms with Crippen LogP contribution < -0.4 is 5.73 Å². The van der Waals surface area contributed by atoms with Crippen molar-refractivity contribution in [1.29, 1.82) is 0 Å². The van der Waals surface area contributed by atoms with Crippen LogP contribution in [0, 0.1) is 5.92 Å². The van der Waals surface area contributed by atoms with Crippen molar-refractivity contribution < 1.29 is 4.79 Å². The summed E-state index contributed by atoms with van der Waals surface area (Å²) in [7, 11) is 0. The van der Waals surface area contributed by atoms with Gasteiger partial charge in [0.2, 0.25) is 0 Å². The van der Waals surface area contributed by atoms with Crippen molar-refractivity contribution in [3.8, 4) is 0 Å².